The summed E-state index contributed by atoms with van der Waals surface area (Å²) in [6.45, 7) is 1.15. The maximum Gasteiger partial charge on any atom is 0.253 e. The van der Waals surface area contributed by atoms with E-state index in [9.17, 15) is 9.59 Å². The molecule has 1 aliphatic heterocycles. The molecule has 3 nitrogen and oxygen atoms in total. The lowest BCUT2D eigenvalue weighted by Crippen LogP contribution is -2.40. The minimum absolute atomic E-state index is 0.00735. The van der Waals surface area contributed by atoms with E-state index in [1.807, 2.05) is 17.0 Å². The van der Waals surface area contributed by atoms with Crippen LogP contribution in [0.5, 0.6) is 0 Å². The second-order valence-corrected chi connectivity index (χ2v) is 7.80. The fraction of sp³-hybridized carbons (Fsp3) is 0.263. The van der Waals surface area contributed by atoms with E-state index in [0.29, 0.717) is 47.1 Å². The zero-order chi connectivity index (χ0) is 18.0. The van der Waals surface area contributed by atoms with Gasteiger partial charge in [-0.05, 0) is 55.3 Å². The van der Waals surface area contributed by atoms with E-state index in [1.165, 1.54) is 0 Å². The summed E-state index contributed by atoms with van der Waals surface area (Å²) in [5.74, 6) is -0.0200. The number of carbonyl (C=O) groups excluding carboxylic acids is 2. The van der Waals surface area contributed by atoms with Crippen molar-refractivity contribution in [3.63, 3.8) is 0 Å². The van der Waals surface area contributed by atoms with Gasteiger partial charge in [0.05, 0.1) is 10.0 Å². The van der Waals surface area contributed by atoms with Crippen molar-refractivity contribution in [1.29, 1.82) is 0 Å². The average Bonchev–Trinajstić information content (AvgIpc) is 2.63. The number of piperidine rings is 1. The SMILES string of the molecule is O=C(c1ccc(Cl)c(Cl)c1)C1CCN(C(=O)c2ccc(Br)cc2)CC1. The Kier molecular flexibility index (Phi) is 5.82. The number of ketones is 1. The van der Waals surface area contributed by atoms with E-state index in [1.54, 1.807) is 30.3 Å². The molecule has 0 unspecified atom stereocenters. The van der Waals surface area contributed by atoms with E-state index in [2.05, 4.69) is 15.9 Å². The number of carbonyl (C=O) groups is 2. The molecule has 1 aliphatic rings. The molecule has 0 spiro atoms. The Morgan fingerprint density at radius 1 is 0.920 bits per heavy atom. The van der Waals surface area contributed by atoms with Gasteiger partial charge in [-0.2, -0.15) is 0 Å². The van der Waals surface area contributed by atoms with Gasteiger partial charge in [0.25, 0.3) is 5.91 Å². The molecule has 3 rings (SSSR count). The quantitative estimate of drug-likeness (QED) is 0.591. The van der Waals surface area contributed by atoms with Crippen LogP contribution in [0.2, 0.25) is 10.0 Å². The number of halogens is 3. The molecule has 0 N–H and O–H groups in total. The van der Waals surface area contributed by atoms with E-state index in [0.717, 1.165) is 4.47 Å². The van der Waals surface area contributed by atoms with Gasteiger partial charge >= 0.3 is 0 Å². The van der Waals surface area contributed by atoms with Gasteiger partial charge in [-0.1, -0.05) is 39.1 Å². The Morgan fingerprint density at radius 3 is 2.12 bits per heavy atom. The van der Waals surface area contributed by atoms with Gasteiger partial charge in [-0.15, -0.1) is 0 Å². The van der Waals surface area contributed by atoms with Crippen LogP contribution in [0.1, 0.15) is 33.6 Å². The van der Waals surface area contributed by atoms with E-state index in [-0.39, 0.29) is 17.6 Å². The van der Waals surface area contributed by atoms with Crippen LogP contribution in [-0.2, 0) is 0 Å². The van der Waals surface area contributed by atoms with Gasteiger partial charge in [0.2, 0.25) is 0 Å². The van der Waals surface area contributed by atoms with Crippen molar-refractivity contribution in [3.05, 3.63) is 68.1 Å². The van der Waals surface area contributed by atoms with Gasteiger partial charge in [0.1, 0.15) is 0 Å². The number of amides is 1. The summed E-state index contributed by atoms with van der Waals surface area (Å²) in [5.41, 5.74) is 1.24. The normalized spacial score (nSPS) is 15.2. The number of likely N-dealkylation sites (tertiary alicyclic amines) is 1. The van der Waals surface area contributed by atoms with Crippen molar-refractivity contribution in [1.82, 2.24) is 4.90 Å². The fourth-order valence-corrected chi connectivity index (χ4v) is 3.57. The lowest BCUT2D eigenvalue weighted by atomic mass is 9.88. The number of nitrogens with zero attached hydrogens (tertiary/aromatic N) is 1. The topological polar surface area (TPSA) is 37.4 Å². The van der Waals surface area contributed by atoms with Crippen molar-refractivity contribution < 1.29 is 9.59 Å². The third kappa shape index (κ3) is 4.25. The van der Waals surface area contributed by atoms with E-state index in [4.69, 9.17) is 23.2 Å². The predicted molar refractivity (Wildman–Crippen MR) is 104 cm³/mol. The summed E-state index contributed by atoms with van der Waals surface area (Å²) in [6.07, 6.45) is 1.31. The van der Waals surface area contributed by atoms with Crippen LogP contribution in [-0.4, -0.2) is 29.7 Å². The van der Waals surface area contributed by atoms with Crippen LogP contribution >= 0.6 is 39.1 Å². The highest BCUT2D eigenvalue weighted by Gasteiger charge is 2.28. The molecule has 1 amide bonds. The molecular weight excluding hydrogens is 425 g/mol. The maximum atomic E-state index is 12.6. The second-order valence-electron chi connectivity index (χ2n) is 6.07. The Balaban J connectivity index is 1.63. The minimum Gasteiger partial charge on any atom is -0.339 e. The van der Waals surface area contributed by atoms with Crippen molar-refractivity contribution >= 4 is 50.8 Å². The number of Topliss-reactive ketones (excluding diaryl/α,β-unsaturated/α-hetero) is 1. The Labute approximate surface area is 165 Å². The van der Waals surface area contributed by atoms with Crippen LogP contribution in [0.4, 0.5) is 0 Å². The van der Waals surface area contributed by atoms with Crippen LogP contribution in [0.15, 0.2) is 46.9 Å². The highest BCUT2D eigenvalue weighted by molar-refractivity contribution is 9.10. The molecule has 2 aromatic rings. The first-order chi connectivity index (χ1) is 12.0. The van der Waals surface area contributed by atoms with Crippen LogP contribution in [0, 0.1) is 5.92 Å². The molecule has 0 bridgehead atoms. The van der Waals surface area contributed by atoms with Crippen LogP contribution < -0.4 is 0 Å². The number of hydrogen-bond donors (Lipinski definition) is 0. The molecule has 0 saturated carbocycles. The molecule has 6 heteroatoms. The molecule has 1 saturated heterocycles. The highest BCUT2D eigenvalue weighted by Crippen LogP contribution is 2.27. The largest absolute Gasteiger partial charge is 0.339 e. The zero-order valence-corrected chi connectivity index (χ0v) is 16.4. The smallest absolute Gasteiger partial charge is 0.253 e. The molecule has 130 valence electrons. The lowest BCUT2D eigenvalue weighted by Gasteiger charge is -2.31. The van der Waals surface area contributed by atoms with Crippen molar-refractivity contribution in [2.75, 3.05) is 13.1 Å². The van der Waals surface area contributed by atoms with E-state index < -0.39 is 0 Å². The van der Waals surface area contributed by atoms with Gasteiger partial charge in [0.15, 0.2) is 5.78 Å². The Bertz CT molecular complexity index is 800. The molecule has 2 aromatic carbocycles. The highest BCUT2D eigenvalue weighted by atomic mass is 79.9. The molecule has 1 fully saturated rings. The summed E-state index contributed by atoms with van der Waals surface area (Å²) in [5, 5.41) is 0.823. The van der Waals surface area contributed by atoms with Crippen molar-refractivity contribution in [3.8, 4) is 0 Å². The monoisotopic (exact) mass is 439 g/mol. The molecule has 0 radical (unpaired) electrons. The minimum atomic E-state index is -0.0915. The zero-order valence-electron chi connectivity index (χ0n) is 13.3. The van der Waals surface area contributed by atoms with Crippen molar-refractivity contribution in [2.45, 2.75) is 12.8 Å². The maximum absolute atomic E-state index is 12.6. The lowest BCUT2D eigenvalue weighted by molar-refractivity contribution is 0.0650. The van der Waals surface area contributed by atoms with Gasteiger partial charge in [-0.25, -0.2) is 0 Å². The summed E-state index contributed by atoms with van der Waals surface area (Å²) >= 11 is 15.3. The van der Waals surface area contributed by atoms with Crippen LogP contribution in [0.3, 0.4) is 0 Å². The first-order valence-corrected chi connectivity index (χ1v) is 9.54. The Hall–Kier alpha value is -1.36. The van der Waals surface area contributed by atoms with Gasteiger partial charge in [-0.3, -0.25) is 9.59 Å². The van der Waals surface area contributed by atoms with Crippen LogP contribution in [0.25, 0.3) is 0 Å². The first-order valence-electron chi connectivity index (χ1n) is 8.00. The summed E-state index contributed by atoms with van der Waals surface area (Å²) in [6, 6.07) is 12.3. The molecule has 0 aromatic heterocycles. The average molecular weight is 441 g/mol. The summed E-state index contributed by atoms with van der Waals surface area (Å²) in [4.78, 5) is 27.0. The molecule has 25 heavy (non-hydrogen) atoms. The van der Waals surface area contributed by atoms with Gasteiger partial charge in [0, 0.05) is 34.6 Å². The summed E-state index contributed by atoms with van der Waals surface area (Å²) in [7, 11) is 0. The third-order valence-corrected chi connectivity index (χ3v) is 5.72. The molecule has 0 atom stereocenters. The first kappa shape index (κ1) is 18.4. The second kappa shape index (κ2) is 7.90. The molecular formula is C19H16BrCl2NO2. The van der Waals surface area contributed by atoms with Crippen molar-refractivity contribution in [2.24, 2.45) is 5.92 Å². The predicted octanol–water partition coefficient (Wildman–Crippen LogP) is 5.49. The van der Waals surface area contributed by atoms with Gasteiger partial charge < -0.3 is 4.90 Å². The Morgan fingerprint density at radius 2 is 1.52 bits per heavy atom. The third-order valence-electron chi connectivity index (χ3n) is 4.45. The molecule has 1 heterocycles. The van der Waals surface area contributed by atoms with E-state index >= 15 is 0 Å². The summed E-state index contributed by atoms with van der Waals surface area (Å²) < 4.78 is 0.940. The standard InChI is InChI=1S/C19H16BrCl2NO2/c20-15-4-1-13(2-5-15)19(25)23-9-7-12(8-10-23)18(24)14-3-6-16(21)17(22)11-14/h1-6,11-12H,7-10H2. The molecule has 0 aliphatic carbocycles. The number of rotatable bonds is 3. The number of benzene rings is 2. The number of hydrogen-bond acceptors (Lipinski definition) is 2. The fourth-order valence-electron chi connectivity index (χ4n) is 3.00.